The van der Waals surface area contributed by atoms with Gasteiger partial charge in [-0.1, -0.05) is 20.8 Å². The molecule has 13 heavy (non-hydrogen) atoms. The first kappa shape index (κ1) is 10.3. The summed E-state index contributed by atoms with van der Waals surface area (Å²) in [5, 5.41) is 3.32. The molecule has 1 N–H and O–H groups in total. The Morgan fingerprint density at radius 1 is 1.46 bits per heavy atom. The minimum atomic E-state index is 0.722. The molecule has 0 amide bonds. The van der Waals surface area contributed by atoms with Gasteiger partial charge in [-0.05, 0) is 24.1 Å². The van der Waals surface area contributed by atoms with Crippen molar-refractivity contribution in [1.29, 1.82) is 0 Å². The van der Waals surface area contributed by atoms with Crippen LogP contribution in [0.4, 0.5) is 0 Å². The Morgan fingerprint density at radius 2 is 2.23 bits per heavy atom. The van der Waals surface area contributed by atoms with E-state index in [1.54, 1.807) is 0 Å². The van der Waals surface area contributed by atoms with Crippen LogP contribution in [0.25, 0.3) is 0 Å². The highest BCUT2D eigenvalue weighted by Gasteiger charge is 1.98. The lowest BCUT2D eigenvalue weighted by Crippen LogP contribution is -2.11. The van der Waals surface area contributed by atoms with Crippen LogP contribution in [0.3, 0.4) is 0 Å². The predicted octanol–water partition coefficient (Wildman–Crippen LogP) is 2.25. The molecule has 0 aromatic carbocycles. The summed E-state index contributed by atoms with van der Waals surface area (Å²) in [6.45, 7) is 9.75. The second-order valence-electron chi connectivity index (χ2n) is 3.89. The molecule has 0 radical (unpaired) electrons. The third kappa shape index (κ3) is 3.64. The molecule has 0 aliphatic heterocycles. The quantitative estimate of drug-likeness (QED) is 0.735. The second kappa shape index (κ2) is 5.07. The van der Waals surface area contributed by atoms with Gasteiger partial charge in [0.05, 0.1) is 0 Å². The van der Waals surface area contributed by atoms with Gasteiger partial charge in [-0.15, -0.1) is 0 Å². The zero-order valence-corrected chi connectivity index (χ0v) is 8.88. The molecule has 0 saturated heterocycles. The highest BCUT2D eigenvalue weighted by atomic mass is 14.9. The first-order valence-corrected chi connectivity index (χ1v) is 5.07. The maximum absolute atomic E-state index is 3.32. The van der Waals surface area contributed by atoms with Crippen molar-refractivity contribution in [1.82, 2.24) is 9.88 Å². The van der Waals surface area contributed by atoms with Gasteiger partial charge in [0.25, 0.3) is 0 Å². The highest BCUT2D eigenvalue weighted by molar-refractivity contribution is 5.09. The van der Waals surface area contributed by atoms with E-state index in [1.807, 2.05) is 0 Å². The predicted molar refractivity (Wildman–Crippen MR) is 56.7 cm³/mol. The topological polar surface area (TPSA) is 17.0 Å². The Balaban J connectivity index is 2.44. The minimum absolute atomic E-state index is 0.722. The summed E-state index contributed by atoms with van der Waals surface area (Å²) in [6.07, 6.45) is 4.38. The average Bonchev–Trinajstić information content (AvgIpc) is 2.48. The van der Waals surface area contributed by atoms with Crippen LogP contribution in [0.2, 0.25) is 0 Å². The van der Waals surface area contributed by atoms with Gasteiger partial charge in [-0.25, -0.2) is 0 Å². The van der Waals surface area contributed by atoms with Gasteiger partial charge >= 0.3 is 0 Å². The van der Waals surface area contributed by atoms with Gasteiger partial charge in [-0.3, -0.25) is 0 Å². The smallest absolute Gasteiger partial charge is 0.0242 e. The van der Waals surface area contributed by atoms with E-state index in [1.165, 1.54) is 5.56 Å². The molecule has 0 bridgehead atoms. The zero-order chi connectivity index (χ0) is 9.68. The molecule has 0 unspecified atom stereocenters. The number of hydrogen-bond acceptors (Lipinski definition) is 1. The molecular formula is C11H20N2. The molecule has 0 fully saturated rings. The van der Waals surface area contributed by atoms with Crippen molar-refractivity contribution in [3.63, 3.8) is 0 Å². The molecule has 1 rings (SSSR count). The molecule has 74 valence electrons. The third-order valence-electron chi connectivity index (χ3n) is 1.97. The third-order valence-corrected chi connectivity index (χ3v) is 1.97. The second-order valence-corrected chi connectivity index (χ2v) is 3.89. The van der Waals surface area contributed by atoms with Gasteiger partial charge in [0.2, 0.25) is 0 Å². The number of aromatic nitrogens is 1. The van der Waals surface area contributed by atoms with Crippen molar-refractivity contribution in [3.8, 4) is 0 Å². The Kier molecular flexibility index (Phi) is 4.03. The molecule has 0 aliphatic rings. The van der Waals surface area contributed by atoms with Crippen molar-refractivity contribution in [2.75, 3.05) is 6.54 Å². The van der Waals surface area contributed by atoms with E-state index >= 15 is 0 Å². The number of rotatable bonds is 5. The monoisotopic (exact) mass is 180 g/mol. The van der Waals surface area contributed by atoms with Crippen molar-refractivity contribution in [3.05, 3.63) is 24.0 Å². The van der Waals surface area contributed by atoms with Crippen molar-refractivity contribution >= 4 is 0 Å². The van der Waals surface area contributed by atoms with E-state index in [0.29, 0.717) is 0 Å². The van der Waals surface area contributed by atoms with Crippen molar-refractivity contribution in [2.45, 2.75) is 33.9 Å². The number of hydrogen-bond donors (Lipinski definition) is 1. The van der Waals surface area contributed by atoms with Crippen LogP contribution < -0.4 is 5.32 Å². The number of nitrogens with one attached hydrogen (secondary N) is 1. The summed E-state index contributed by atoms with van der Waals surface area (Å²) < 4.78 is 2.26. The molecule has 1 heterocycles. The normalized spacial score (nSPS) is 11.1. The summed E-state index contributed by atoms with van der Waals surface area (Å²) in [6, 6.07) is 2.19. The van der Waals surface area contributed by atoms with E-state index < -0.39 is 0 Å². The molecule has 0 saturated carbocycles. The molecule has 1 aromatic heterocycles. The minimum Gasteiger partial charge on any atom is -0.354 e. The first-order valence-electron chi connectivity index (χ1n) is 5.07. The molecular weight excluding hydrogens is 160 g/mol. The van der Waals surface area contributed by atoms with Crippen molar-refractivity contribution in [2.24, 2.45) is 5.92 Å². The fourth-order valence-corrected chi connectivity index (χ4v) is 1.40. The van der Waals surface area contributed by atoms with Gasteiger partial charge in [0.15, 0.2) is 0 Å². The molecule has 0 atom stereocenters. The van der Waals surface area contributed by atoms with Gasteiger partial charge in [0, 0.05) is 25.5 Å². The lowest BCUT2D eigenvalue weighted by Gasteiger charge is -2.05. The van der Waals surface area contributed by atoms with E-state index in [-0.39, 0.29) is 0 Å². The summed E-state index contributed by atoms with van der Waals surface area (Å²) >= 11 is 0. The van der Waals surface area contributed by atoms with Gasteiger partial charge in [-0.2, -0.15) is 0 Å². The van der Waals surface area contributed by atoms with Crippen LogP contribution in [0, 0.1) is 5.92 Å². The van der Waals surface area contributed by atoms with Crippen LogP contribution in [0.15, 0.2) is 18.5 Å². The maximum Gasteiger partial charge on any atom is 0.0242 e. The van der Waals surface area contributed by atoms with E-state index in [4.69, 9.17) is 0 Å². The van der Waals surface area contributed by atoms with Crippen LogP contribution in [-0.2, 0) is 13.1 Å². The standard InChI is InChI=1S/C11H20N2/c1-4-12-7-11-5-6-13(9-11)8-10(2)3/h5-6,9-10,12H,4,7-8H2,1-3H3. The van der Waals surface area contributed by atoms with E-state index in [2.05, 4.69) is 49.1 Å². The van der Waals surface area contributed by atoms with E-state index in [9.17, 15) is 0 Å². The first-order chi connectivity index (χ1) is 6.22. The molecule has 0 spiro atoms. The lowest BCUT2D eigenvalue weighted by molar-refractivity contribution is 0.524. The van der Waals surface area contributed by atoms with Crippen LogP contribution in [0.5, 0.6) is 0 Å². The summed E-state index contributed by atoms with van der Waals surface area (Å²) in [5.41, 5.74) is 1.38. The Bertz CT molecular complexity index is 238. The average molecular weight is 180 g/mol. The molecule has 2 heteroatoms. The zero-order valence-electron chi connectivity index (χ0n) is 8.88. The Labute approximate surface area is 81.0 Å². The Morgan fingerprint density at radius 3 is 2.85 bits per heavy atom. The summed E-state index contributed by atoms with van der Waals surface area (Å²) in [4.78, 5) is 0. The van der Waals surface area contributed by atoms with Gasteiger partial charge < -0.3 is 9.88 Å². The fourth-order valence-electron chi connectivity index (χ4n) is 1.40. The fraction of sp³-hybridized carbons (Fsp3) is 0.636. The maximum atomic E-state index is 3.32. The van der Waals surface area contributed by atoms with Crippen LogP contribution >= 0.6 is 0 Å². The van der Waals surface area contributed by atoms with E-state index in [0.717, 1.165) is 25.6 Å². The lowest BCUT2D eigenvalue weighted by atomic mass is 10.2. The summed E-state index contributed by atoms with van der Waals surface area (Å²) in [5.74, 6) is 0.722. The molecule has 2 nitrogen and oxygen atoms in total. The number of nitrogens with zero attached hydrogens (tertiary/aromatic N) is 1. The van der Waals surface area contributed by atoms with Gasteiger partial charge in [0.1, 0.15) is 0 Å². The highest BCUT2D eigenvalue weighted by Crippen LogP contribution is 2.04. The Hall–Kier alpha value is -0.760. The molecule has 1 aromatic rings. The van der Waals surface area contributed by atoms with Crippen LogP contribution in [-0.4, -0.2) is 11.1 Å². The van der Waals surface area contributed by atoms with Crippen molar-refractivity contribution < 1.29 is 0 Å². The van der Waals surface area contributed by atoms with Crippen LogP contribution in [0.1, 0.15) is 26.3 Å². The molecule has 0 aliphatic carbocycles. The largest absolute Gasteiger partial charge is 0.354 e. The summed E-state index contributed by atoms with van der Waals surface area (Å²) in [7, 11) is 0. The SMILES string of the molecule is CCNCc1ccn(CC(C)C)c1.